The Morgan fingerprint density at radius 1 is 1.46 bits per heavy atom. The molecule has 0 aliphatic carbocycles. The molecule has 1 aliphatic rings. The molecule has 1 heterocycles. The van der Waals surface area contributed by atoms with Gasteiger partial charge in [0.25, 0.3) is 0 Å². The summed E-state index contributed by atoms with van der Waals surface area (Å²) in [5, 5.41) is 8.94. The number of aliphatic hydroxyl groups excluding tert-OH is 1. The minimum atomic E-state index is -0.484. The molecule has 1 aliphatic heterocycles. The van der Waals surface area contributed by atoms with E-state index < -0.39 is 5.79 Å². The van der Waals surface area contributed by atoms with Crippen molar-refractivity contribution in [2.75, 3.05) is 13.2 Å². The number of hydrogen-bond acceptors (Lipinski definition) is 3. The second-order valence-electron chi connectivity index (χ2n) is 3.94. The number of aliphatic hydroxyl groups is 1. The van der Waals surface area contributed by atoms with Gasteiger partial charge in [-0.3, -0.25) is 0 Å². The largest absolute Gasteiger partial charge is 0.392 e. The van der Waals surface area contributed by atoms with Crippen LogP contribution in [0, 0.1) is 0 Å². The SMILES string of the molecule is C/C(CO)=C(/C)C1COC(C)(C)O1. The van der Waals surface area contributed by atoms with Crippen LogP contribution in [0.3, 0.4) is 0 Å². The maximum absolute atomic E-state index is 8.94. The Labute approximate surface area is 79.3 Å². The van der Waals surface area contributed by atoms with Gasteiger partial charge in [0, 0.05) is 0 Å². The Hall–Kier alpha value is -0.380. The van der Waals surface area contributed by atoms with Crippen LogP contribution in [0.5, 0.6) is 0 Å². The van der Waals surface area contributed by atoms with Gasteiger partial charge in [-0.2, -0.15) is 0 Å². The van der Waals surface area contributed by atoms with Crippen LogP contribution in [0.2, 0.25) is 0 Å². The molecule has 0 radical (unpaired) electrons. The number of ether oxygens (including phenoxy) is 2. The number of rotatable bonds is 2. The van der Waals surface area contributed by atoms with Gasteiger partial charge in [0.05, 0.1) is 13.2 Å². The summed E-state index contributed by atoms with van der Waals surface area (Å²) in [6.45, 7) is 8.34. The lowest BCUT2D eigenvalue weighted by Crippen LogP contribution is -2.22. The van der Waals surface area contributed by atoms with Crippen molar-refractivity contribution in [2.24, 2.45) is 0 Å². The Kier molecular flexibility index (Phi) is 3.11. The maximum Gasteiger partial charge on any atom is 0.163 e. The summed E-state index contributed by atoms with van der Waals surface area (Å²) in [6.07, 6.45) is 0.00199. The molecule has 0 amide bonds. The molecule has 0 saturated carbocycles. The zero-order valence-corrected chi connectivity index (χ0v) is 8.76. The van der Waals surface area contributed by atoms with E-state index in [0.29, 0.717) is 6.61 Å². The fraction of sp³-hybridized carbons (Fsp3) is 0.800. The third kappa shape index (κ3) is 2.53. The van der Waals surface area contributed by atoms with Crippen LogP contribution in [-0.4, -0.2) is 30.2 Å². The zero-order valence-electron chi connectivity index (χ0n) is 8.76. The predicted molar refractivity (Wildman–Crippen MR) is 50.4 cm³/mol. The van der Waals surface area contributed by atoms with Crippen molar-refractivity contribution in [3.8, 4) is 0 Å². The minimum absolute atomic E-state index is 0.00199. The van der Waals surface area contributed by atoms with Crippen molar-refractivity contribution in [3.63, 3.8) is 0 Å². The molecule has 3 nitrogen and oxygen atoms in total. The standard InChI is InChI=1S/C10H18O3/c1-7(5-11)8(2)9-6-12-10(3,4)13-9/h9,11H,5-6H2,1-4H3/b8-7+. The van der Waals surface area contributed by atoms with Crippen LogP contribution < -0.4 is 0 Å². The molecule has 1 unspecified atom stereocenters. The Bertz CT molecular complexity index is 218. The first-order chi connectivity index (χ1) is 5.96. The molecule has 0 bridgehead atoms. The average molecular weight is 186 g/mol. The van der Waals surface area contributed by atoms with E-state index in [2.05, 4.69) is 0 Å². The third-order valence-electron chi connectivity index (χ3n) is 2.40. The normalized spacial score (nSPS) is 28.8. The van der Waals surface area contributed by atoms with E-state index in [1.54, 1.807) is 0 Å². The summed E-state index contributed by atoms with van der Waals surface area (Å²) in [6, 6.07) is 0. The van der Waals surface area contributed by atoms with Crippen molar-refractivity contribution in [1.29, 1.82) is 0 Å². The van der Waals surface area contributed by atoms with Gasteiger partial charge in [-0.15, -0.1) is 0 Å². The summed E-state index contributed by atoms with van der Waals surface area (Å²) in [5.41, 5.74) is 2.04. The average Bonchev–Trinajstić information content (AvgIpc) is 2.43. The van der Waals surface area contributed by atoms with Gasteiger partial charge in [0.15, 0.2) is 5.79 Å². The highest BCUT2D eigenvalue weighted by atomic mass is 16.7. The first-order valence-corrected chi connectivity index (χ1v) is 4.55. The Morgan fingerprint density at radius 3 is 2.46 bits per heavy atom. The molecule has 1 saturated heterocycles. The highest BCUT2D eigenvalue weighted by Crippen LogP contribution is 2.27. The smallest absolute Gasteiger partial charge is 0.163 e. The van der Waals surface area contributed by atoms with Crippen LogP contribution >= 0.6 is 0 Å². The summed E-state index contributed by atoms with van der Waals surface area (Å²) < 4.78 is 11.1. The molecule has 1 N–H and O–H groups in total. The molecule has 0 aromatic carbocycles. The van der Waals surface area contributed by atoms with E-state index in [1.807, 2.05) is 27.7 Å². The van der Waals surface area contributed by atoms with E-state index in [4.69, 9.17) is 14.6 Å². The summed E-state index contributed by atoms with van der Waals surface area (Å²) >= 11 is 0. The van der Waals surface area contributed by atoms with Crippen LogP contribution in [0.1, 0.15) is 27.7 Å². The first kappa shape index (κ1) is 10.7. The molecule has 1 fully saturated rings. The highest BCUT2D eigenvalue weighted by molar-refractivity contribution is 5.15. The van der Waals surface area contributed by atoms with Crippen molar-refractivity contribution < 1.29 is 14.6 Å². The topological polar surface area (TPSA) is 38.7 Å². The molecule has 1 atom stereocenters. The second-order valence-corrected chi connectivity index (χ2v) is 3.94. The van der Waals surface area contributed by atoms with Gasteiger partial charge in [-0.1, -0.05) is 0 Å². The zero-order chi connectivity index (χ0) is 10.1. The first-order valence-electron chi connectivity index (χ1n) is 4.55. The van der Waals surface area contributed by atoms with Gasteiger partial charge in [-0.05, 0) is 38.8 Å². The lowest BCUT2D eigenvalue weighted by atomic mass is 10.1. The minimum Gasteiger partial charge on any atom is -0.392 e. The third-order valence-corrected chi connectivity index (χ3v) is 2.40. The van der Waals surface area contributed by atoms with E-state index in [9.17, 15) is 0 Å². The fourth-order valence-electron chi connectivity index (χ4n) is 1.30. The predicted octanol–water partition coefficient (Wildman–Crippen LogP) is 1.47. The molecule has 0 aromatic rings. The lowest BCUT2D eigenvalue weighted by molar-refractivity contribution is -0.134. The quantitative estimate of drug-likeness (QED) is 0.664. The van der Waals surface area contributed by atoms with E-state index in [-0.39, 0.29) is 12.7 Å². The van der Waals surface area contributed by atoms with E-state index >= 15 is 0 Å². The molecule has 76 valence electrons. The van der Waals surface area contributed by atoms with Gasteiger partial charge in [0.2, 0.25) is 0 Å². The molecular weight excluding hydrogens is 168 g/mol. The van der Waals surface area contributed by atoms with Crippen molar-refractivity contribution in [2.45, 2.75) is 39.6 Å². The van der Waals surface area contributed by atoms with E-state index in [1.165, 1.54) is 0 Å². The Morgan fingerprint density at radius 2 is 2.08 bits per heavy atom. The summed E-state index contributed by atoms with van der Waals surface area (Å²) in [4.78, 5) is 0. The highest BCUT2D eigenvalue weighted by Gasteiger charge is 2.33. The molecule has 0 spiro atoms. The number of hydrogen-bond donors (Lipinski definition) is 1. The van der Waals surface area contributed by atoms with Gasteiger partial charge in [0.1, 0.15) is 6.10 Å². The van der Waals surface area contributed by atoms with Crippen LogP contribution in [0.25, 0.3) is 0 Å². The molecule has 13 heavy (non-hydrogen) atoms. The van der Waals surface area contributed by atoms with Crippen LogP contribution in [0.4, 0.5) is 0 Å². The van der Waals surface area contributed by atoms with Crippen LogP contribution in [0.15, 0.2) is 11.1 Å². The van der Waals surface area contributed by atoms with Gasteiger partial charge >= 0.3 is 0 Å². The second kappa shape index (κ2) is 3.78. The maximum atomic E-state index is 8.94. The fourth-order valence-corrected chi connectivity index (χ4v) is 1.30. The molecular formula is C10H18O3. The van der Waals surface area contributed by atoms with E-state index in [0.717, 1.165) is 11.1 Å². The molecule has 1 rings (SSSR count). The summed E-state index contributed by atoms with van der Waals surface area (Å²) in [5.74, 6) is -0.484. The van der Waals surface area contributed by atoms with Crippen molar-refractivity contribution >= 4 is 0 Å². The lowest BCUT2D eigenvalue weighted by Gasteiger charge is -2.18. The van der Waals surface area contributed by atoms with Gasteiger partial charge < -0.3 is 14.6 Å². The van der Waals surface area contributed by atoms with Crippen molar-refractivity contribution in [1.82, 2.24) is 0 Å². The van der Waals surface area contributed by atoms with Crippen LogP contribution in [-0.2, 0) is 9.47 Å². The monoisotopic (exact) mass is 186 g/mol. The van der Waals surface area contributed by atoms with Gasteiger partial charge in [-0.25, -0.2) is 0 Å². The Balaban J connectivity index is 2.66. The van der Waals surface area contributed by atoms with Crippen molar-refractivity contribution in [3.05, 3.63) is 11.1 Å². The molecule has 0 aromatic heterocycles. The molecule has 3 heteroatoms. The summed E-state index contributed by atoms with van der Waals surface area (Å²) in [7, 11) is 0.